The van der Waals surface area contributed by atoms with E-state index in [1.54, 1.807) is 27.9 Å². The Balaban J connectivity index is 2.92. The second-order valence-corrected chi connectivity index (χ2v) is 6.18. The van der Waals surface area contributed by atoms with Crippen molar-refractivity contribution in [2.24, 2.45) is 0 Å². The normalized spacial score (nSPS) is 11.5. The number of pyridine rings is 1. The third kappa shape index (κ3) is 5.51. The van der Waals surface area contributed by atoms with Crippen LogP contribution in [0.4, 0.5) is 0 Å². The Morgan fingerprint density at radius 3 is 2.79 bits per heavy atom. The van der Waals surface area contributed by atoms with Crippen LogP contribution in [0, 0.1) is 18.3 Å². The van der Waals surface area contributed by atoms with E-state index in [0.717, 1.165) is 0 Å². The van der Waals surface area contributed by atoms with Crippen molar-refractivity contribution in [2.45, 2.75) is 31.0 Å². The van der Waals surface area contributed by atoms with Gasteiger partial charge in [-0.2, -0.15) is 5.26 Å². The largest absolute Gasteiger partial charge is 0.462 e. The number of nitriles is 1. The number of aromatic nitrogens is 1. The van der Waals surface area contributed by atoms with Crippen molar-refractivity contribution < 1.29 is 19.1 Å². The molecule has 0 fully saturated rings. The van der Waals surface area contributed by atoms with E-state index in [4.69, 9.17) is 9.47 Å². The molecule has 0 radical (unpaired) electrons. The standard InChI is InChI=1S/C16H21N3O4S/c1-5-23-16(21)13-8-12(9-17)15(19-10(13)2)24-11(3)14(20)18-6-7-22-4/h8,11H,5-7H2,1-4H3,(H,18,20)/t11-/m0/s1. The zero-order chi connectivity index (χ0) is 18.1. The number of methoxy groups -OCH3 is 1. The molecule has 0 unspecified atom stereocenters. The van der Waals surface area contributed by atoms with E-state index in [-0.39, 0.29) is 23.6 Å². The number of hydrogen-bond donors (Lipinski definition) is 1. The highest BCUT2D eigenvalue weighted by Gasteiger charge is 2.20. The summed E-state index contributed by atoms with van der Waals surface area (Å²) < 4.78 is 9.83. The maximum absolute atomic E-state index is 12.0. The summed E-state index contributed by atoms with van der Waals surface area (Å²) in [6.07, 6.45) is 0. The van der Waals surface area contributed by atoms with Crippen LogP contribution < -0.4 is 5.32 Å². The molecule has 1 amide bonds. The smallest absolute Gasteiger partial charge is 0.340 e. The number of carbonyl (C=O) groups is 2. The molecule has 1 N–H and O–H groups in total. The van der Waals surface area contributed by atoms with Gasteiger partial charge < -0.3 is 14.8 Å². The average molecular weight is 351 g/mol. The molecule has 0 bridgehead atoms. The van der Waals surface area contributed by atoms with E-state index in [2.05, 4.69) is 10.3 Å². The molecule has 1 atom stereocenters. The van der Waals surface area contributed by atoms with Gasteiger partial charge in [0.2, 0.25) is 5.91 Å². The second kappa shape index (κ2) is 9.90. The number of nitrogens with zero attached hydrogens (tertiary/aromatic N) is 2. The first-order valence-electron chi connectivity index (χ1n) is 7.46. The lowest BCUT2D eigenvalue weighted by atomic mass is 10.1. The van der Waals surface area contributed by atoms with Crippen molar-refractivity contribution in [3.8, 4) is 6.07 Å². The molecule has 0 saturated carbocycles. The Hall–Kier alpha value is -2.11. The van der Waals surface area contributed by atoms with Gasteiger partial charge in [0.25, 0.3) is 0 Å². The lowest BCUT2D eigenvalue weighted by molar-refractivity contribution is -0.120. The van der Waals surface area contributed by atoms with Gasteiger partial charge in [-0.1, -0.05) is 11.8 Å². The van der Waals surface area contributed by atoms with Gasteiger partial charge in [-0.15, -0.1) is 0 Å². The van der Waals surface area contributed by atoms with Crippen LogP contribution in [0.3, 0.4) is 0 Å². The summed E-state index contributed by atoms with van der Waals surface area (Å²) in [6, 6.07) is 3.47. The molecular formula is C16H21N3O4S. The molecule has 1 heterocycles. The van der Waals surface area contributed by atoms with Crippen LogP contribution in [-0.4, -0.2) is 49.0 Å². The lowest BCUT2D eigenvalue weighted by Gasteiger charge is -2.13. The predicted molar refractivity (Wildman–Crippen MR) is 89.9 cm³/mol. The first-order chi connectivity index (χ1) is 11.4. The fourth-order valence-corrected chi connectivity index (χ4v) is 2.76. The van der Waals surface area contributed by atoms with E-state index in [1.165, 1.54) is 17.8 Å². The van der Waals surface area contributed by atoms with E-state index in [9.17, 15) is 14.9 Å². The molecular weight excluding hydrogens is 330 g/mol. The molecule has 0 saturated heterocycles. The summed E-state index contributed by atoms with van der Waals surface area (Å²) in [6.45, 7) is 6.19. The first-order valence-corrected chi connectivity index (χ1v) is 8.34. The third-order valence-electron chi connectivity index (χ3n) is 3.06. The number of thioether (sulfide) groups is 1. The van der Waals surface area contributed by atoms with E-state index < -0.39 is 11.2 Å². The quantitative estimate of drug-likeness (QED) is 0.432. The van der Waals surface area contributed by atoms with Gasteiger partial charge in [-0.3, -0.25) is 4.79 Å². The first kappa shape index (κ1) is 19.9. The zero-order valence-corrected chi connectivity index (χ0v) is 15.0. The molecule has 1 rings (SSSR count). The fourth-order valence-electron chi connectivity index (χ4n) is 1.81. The van der Waals surface area contributed by atoms with Gasteiger partial charge in [-0.25, -0.2) is 9.78 Å². The number of hydrogen-bond acceptors (Lipinski definition) is 7. The van der Waals surface area contributed by atoms with E-state index >= 15 is 0 Å². The molecule has 130 valence electrons. The van der Waals surface area contributed by atoms with E-state index in [0.29, 0.717) is 23.9 Å². The summed E-state index contributed by atoms with van der Waals surface area (Å²) in [4.78, 5) is 28.2. The van der Waals surface area contributed by atoms with Gasteiger partial charge in [0.05, 0.1) is 35.3 Å². The predicted octanol–water partition coefficient (Wildman–Crippen LogP) is 1.68. The highest BCUT2D eigenvalue weighted by atomic mass is 32.2. The number of nitrogens with one attached hydrogen (secondary N) is 1. The number of rotatable bonds is 8. The second-order valence-electron chi connectivity index (χ2n) is 4.85. The molecule has 1 aromatic heterocycles. The SMILES string of the molecule is CCOC(=O)c1cc(C#N)c(S[C@@H](C)C(=O)NCCOC)nc1C. The molecule has 8 heteroatoms. The zero-order valence-electron chi connectivity index (χ0n) is 14.2. The Bertz CT molecular complexity index is 643. The Labute approximate surface area is 145 Å². The molecule has 0 aliphatic carbocycles. The van der Waals surface area contributed by atoms with Crippen molar-refractivity contribution in [3.63, 3.8) is 0 Å². The minimum atomic E-state index is -0.513. The van der Waals surface area contributed by atoms with Crippen molar-refractivity contribution in [3.05, 3.63) is 22.9 Å². The average Bonchev–Trinajstić information content (AvgIpc) is 2.55. The monoisotopic (exact) mass is 351 g/mol. The number of carbonyl (C=O) groups excluding carboxylic acids is 2. The molecule has 0 aromatic carbocycles. The summed E-state index contributed by atoms with van der Waals surface area (Å²) in [5.74, 6) is -0.684. The van der Waals surface area contributed by atoms with Gasteiger partial charge in [0.1, 0.15) is 11.1 Å². The van der Waals surface area contributed by atoms with Gasteiger partial charge >= 0.3 is 5.97 Å². The third-order valence-corrected chi connectivity index (χ3v) is 4.16. The van der Waals surface area contributed by atoms with Crippen LogP contribution in [0.5, 0.6) is 0 Å². The Kier molecular flexibility index (Phi) is 8.22. The minimum Gasteiger partial charge on any atom is -0.462 e. The summed E-state index contributed by atoms with van der Waals surface area (Å²) in [7, 11) is 1.56. The van der Waals surface area contributed by atoms with Crippen molar-refractivity contribution in [2.75, 3.05) is 26.9 Å². The molecule has 0 spiro atoms. The summed E-state index contributed by atoms with van der Waals surface area (Å²) in [5, 5.41) is 12.0. The van der Waals surface area contributed by atoms with E-state index in [1.807, 2.05) is 6.07 Å². The van der Waals surface area contributed by atoms with Gasteiger partial charge in [0, 0.05) is 13.7 Å². The van der Waals surface area contributed by atoms with Crippen LogP contribution in [0.15, 0.2) is 11.1 Å². The number of amides is 1. The Morgan fingerprint density at radius 2 is 2.21 bits per heavy atom. The summed E-state index contributed by atoms with van der Waals surface area (Å²) >= 11 is 1.17. The number of aryl methyl sites for hydroxylation is 1. The van der Waals surface area contributed by atoms with Gasteiger partial charge in [0.15, 0.2) is 0 Å². The molecule has 24 heavy (non-hydrogen) atoms. The van der Waals surface area contributed by atoms with Crippen molar-refractivity contribution in [1.82, 2.24) is 10.3 Å². The summed E-state index contributed by atoms with van der Waals surface area (Å²) in [5.41, 5.74) is 0.960. The molecule has 0 aliphatic rings. The van der Waals surface area contributed by atoms with Crippen LogP contribution in [0.25, 0.3) is 0 Å². The topological polar surface area (TPSA) is 101 Å². The van der Waals surface area contributed by atoms with Crippen LogP contribution >= 0.6 is 11.8 Å². The van der Waals surface area contributed by atoms with Crippen LogP contribution in [-0.2, 0) is 14.3 Å². The number of ether oxygens (including phenoxy) is 2. The fraction of sp³-hybridized carbons (Fsp3) is 0.500. The van der Waals surface area contributed by atoms with Crippen molar-refractivity contribution >= 4 is 23.6 Å². The maximum atomic E-state index is 12.0. The Morgan fingerprint density at radius 1 is 1.50 bits per heavy atom. The highest BCUT2D eigenvalue weighted by molar-refractivity contribution is 8.00. The number of esters is 1. The molecule has 7 nitrogen and oxygen atoms in total. The highest BCUT2D eigenvalue weighted by Crippen LogP contribution is 2.27. The maximum Gasteiger partial charge on any atom is 0.340 e. The lowest BCUT2D eigenvalue weighted by Crippen LogP contribution is -2.33. The molecule has 0 aliphatic heterocycles. The van der Waals surface area contributed by atoms with Crippen LogP contribution in [0.2, 0.25) is 0 Å². The van der Waals surface area contributed by atoms with Crippen LogP contribution in [0.1, 0.15) is 35.5 Å². The molecule has 1 aromatic rings. The van der Waals surface area contributed by atoms with Gasteiger partial charge in [-0.05, 0) is 26.8 Å². The van der Waals surface area contributed by atoms with Crippen molar-refractivity contribution in [1.29, 1.82) is 5.26 Å². The minimum absolute atomic E-state index is 0.171.